The first-order valence-corrected chi connectivity index (χ1v) is 7.04. The van der Waals surface area contributed by atoms with Gasteiger partial charge in [-0.2, -0.15) is 0 Å². The summed E-state index contributed by atoms with van der Waals surface area (Å²) in [5.74, 6) is 1.32. The van der Waals surface area contributed by atoms with E-state index in [1.54, 1.807) is 0 Å². The minimum atomic E-state index is -0.0538. The van der Waals surface area contributed by atoms with Crippen LogP contribution < -0.4 is 10.1 Å². The molecular formula is C14H18BrNO2. The minimum absolute atomic E-state index is 0.0538. The molecule has 2 rings (SSSR count). The molecule has 1 fully saturated rings. The van der Waals surface area contributed by atoms with Gasteiger partial charge >= 0.3 is 0 Å². The van der Waals surface area contributed by atoms with Gasteiger partial charge in [-0.15, -0.1) is 0 Å². The quantitative estimate of drug-likeness (QED) is 0.907. The monoisotopic (exact) mass is 311 g/mol. The molecule has 1 aromatic rings. The van der Waals surface area contributed by atoms with E-state index in [1.165, 1.54) is 12.8 Å². The number of amides is 1. The van der Waals surface area contributed by atoms with Gasteiger partial charge in [-0.25, -0.2) is 0 Å². The largest absolute Gasteiger partial charge is 0.483 e. The van der Waals surface area contributed by atoms with Crippen molar-refractivity contribution in [2.45, 2.75) is 32.7 Å². The fourth-order valence-electron chi connectivity index (χ4n) is 1.88. The Bertz CT molecular complexity index is 443. The fraction of sp³-hybridized carbons (Fsp3) is 0.500. The highest BCUT2D eigenvalue weighted by molar-refractivity contribution is 9.10. The zero-order valence-corrected chi connectivity index (χ0v) is 12.3. The van der Waals surface area contributed by atoms with Crippen molar-refractivity contribution in [3.05, 3.63) is 28.2 Å². The number of aryl methyl sites for hydroxylation is 1. The molecule has 4 heteroatoms. The zero-order chi connectivity index (χ0) is 13.1. The summed E-state index contributed by atoms with van der Waals surface area (Å²) < 4.78 is 6.38. The van der Waals surface area contributed by atoms with Gasteiger partial charge in [0.05, 0.1) is 4.47 Å². The first kappa shape index (κ1) is 13.4. The van der Waals surface area contributed by atoms with E-state index in [0.29, 0.717) is 11.7 Å². The second kappa shape index (κ2) is 5.74. The van der Waals surface area contributed by atoms with Crippen LogP contribution in [0.4, 0.5) is 0 Å². The number of halogens is 1. The molecule has 0 bridgehead atoms. The van der Waals surface area contributed by atoms with Crippen molar-refractivity contribution in [2.24, 2.45) is 5.92 Å². The van der Waals surface area contributed by atoms with Gasteiger partial charge in [0.2, 0.25) is 0 Å². The summed E-state index contributed by atoms with van der Waals surface area (Å²) in [6, 6.07) is 6.07. The number of carbonyl (C=O) groups excluding carboxylic acids is 1. The lowest BCUT2D eigenvalue weighted by Gasteiger charge is -2.13. The second-order valence-electron chi connectivity index (χ2n) is 4.92. The maximum Gasteiger partial charge on any atom is 0.258 e. The number of benzene rings is 1. The van der Waals surface area contributed by atoms with Crippen molar-refractivity contribution in [2.75, 3.05) is 6.61 Å². The Labute approximate surface area is 116 Å². The molecule has 1 saturated carbocycles. The van der Waals surface area contributed by atoms with Crippen LogP contribution in [0.2, 0.25) is 0 Å². The van der Waals surface area contributed by atoms with Crippen LogP contribution in [0.15, 0.2) is 22.7 Å². The molecule has 1 unspecified atom stereocenters. The van der Waals surface area contributed by atoms with E-state index in [1.807, 2.05) is 25.1 Å². The van der Waals surface area contributed by atoms with Crippen LogP contribution in [-0.2, 0) is 4.79 Å². The smallest absolute Gasteiger partial charge is 0.258 e. The van der Waals surface area contributed by atoms with Gasteiger partial charge in [0.1, 0.15) is 5.75 Å². The highest BCUT2D eigenvalue weighted by Gasteiger charge is 2.28. The van der Waals surface area contributed by atoms with Crippen LogP contribution in [0.3, 0.4) is 0 Å². The lowest BCUT2D eigenvalue weighted by molar-refractivity contribution is -0.123. The number of nitrogens with one attached hydrogen (secondary N) is 1. The molecule has 1 aliphatic rings. The molecule has 0 spiro atoms. The number of ether oxygens (including phenoxy) is 1. The molecule has 3 nitrogen and oxygen atoms in total. The summed E-state index contributed by atoms with van der Waals surface area (Å²) in [5.41, 5.74) is 1.15. The molecule has 1 aromatic carbocycles. The third kappa shape index (κ3) is 3.73. The van der Waals surface area contributed by atoms with Gasteiger partial charge in [-0.3, -0.25) is 4.79 Å². The Morgan fingerprint density at radius 1 is 1.56 bits per heavy atom. The maximum atomic E-state index is 11.7. The van der Waals surface area contributed by atoms with Gasteiger partial charge in [0.15, 0.2) is 6.61 Å². The van der Waals surface area contributed by atoms with E-state index in [-0.39, 0.29) is 18.6 Å². The van der Waals surface area contributed by atoms with Crippen molar-refractivity contribution in [1.29, 1.82) is 0 Å². The topological polar surface area (TPSA) is 38.3 Å². The van der Waals surface area contributed by atoms with E-state index in [9.17, 15) is 4.79 Å². The van der Waals surface area contributed by atoms with Crippen LogP contribution in [0.1, 0.15) is 25.3 Å². The van der Waals surface area contributed by atoms with Gasteiger partial charge in [-0.05, 0) is 66.2 Å². The number of rotatable bonds is 5. The summed E-state index contributed by atoms with van der Waals surface area (Å²) in [4.78, 5) is 11.7. The highest BCUT2D eigenvalue weighted by Crippen LogP contribution is 2.32. The molecular weight excluding hydrogens is 294 g/mol. The lowest BCUT2D eigenvalue weighted by Crippen LogP contribution is -2.37. The first-order chi connectivity index (χ1) is 8.56. The van der Waals surface area contributed by atoms with E-state index < -0.39 is 0 Å². The normalized spacial score (nSPS) is 16.2. The van der Waals surface area contributed by atoms with Crippen LogP contribution in [0.5, 0.6) is 5.75 Å². The van der Waals surface area contributed by atoms with Crippen molar-refractivity contribution in [1.82, 2.24) is 5.32 Å². The molecule has 0 saturated heterocycles. The average molecular weight is 312 g/mol. The van der Waals surface area contributed by atoms with Crippen molar-refractivity contribution in [3.8, 4) is 5.75 Å². The van der Waals surface area contributed by atoms with Crippen LogP contribution in [0, 0.1) is 12.8 Å². The van der Waals surface area contributed by atoms with Crippen LogP contribution >= 0.6 is 15.9 Å². The SMILES string of the molecule is Cc1ccc(OCC(=O)NC(C)C2CC2)c(Br)c1. The van der Waals surface area contributed by atoms with Gasteiger partial charge < -0.3 is 10.1 Å². The Hall–Kier alpha value is -1.03. The standard InChI is InChI=1S/C14H18BrNO2/c1-9-3-6-13(12(15)7-9)18-8-14(17)16-10(2)11-4-5-11/h3,6-7,10-11H,4-5,8H2,1-2H3,(H,16,17). The zero-order valence-electron chi connectivity index (χ0n) is 10.7. The summed E-state index contributed by atoms with van der Waals surface area (Å²) in [6.45, 7) is 4.13. The third-order valence-corrected chi connectivity index (χ3v) is 3.78. The molecule has 98 valence electrons. The minimum Gasteiger partial charge on any atom is -0.483 e. The van der Waals surface area contributed by atoms with Gasteiger partial charge in [0.25, 0.3) is 5.91 Å². The second-order valence-corrected chi connectivity index (χ2v) is 5.77. The Morgan fingerprint density at radius 2 is 2.28 bits per heavy atom. The molecule has 1 atom stereocenters. The van der Waals surface area contributed by atoms with E-state index in [4.69, 9.17) is 4.74 Å². The summed E-state index contributed by atoms with van der Waals surface area (Å²) in [7, 11) is 0. The van der Waals surface area contributed by atoms with E-state index in [2.05, 4.69) is 28.2 Å². The number of carbonyl (C=O) groups is 1. The average Bonchev–Trinajstić information content (AvgIpc) is 3.11. The summed E-state index contributed by atoms with van der Waals surface area (Å²) in [5, 5.41) is 2.96. The van der Waals surface area contributed by atoms with Gasteiger partial charge in [-0.1, -0.05) is 6.07 Å². The Kier molecular flexibility index (Phi) is 4.27. The van der Waals surface area contributed by atoms with Gasteiger partial charge in [0, 0.05) is 6.04 Å². The molecule has 18 heavy (non-hydrogen) atoms. The Morgan fingerprint density at radius 3 is 2.89 bits per heavy atom. The first-order valence-electron chi connectivity index (χ1n) is 6.24. The predicted octanol–water partition coefficient (Wildman–Crippen LogP) is 3.05. The van der Waals surface area contributed by atoms with E-state index in [0.717, 1.165) is 10.0 Å². The molecule has 0 heterocycles. The highest BCUT2D eigenvalue weighted by atomic mass is 79.9. The molecule has 0 aromatic heterocycles. The third-order valence-electron chi connectivity index (χ3n) is 3.16. The molecule has 1 N–H and O–H groups in total. The van der Waals surface area contributed by atoms with Crippen molar-refractivity contribution in [3.63, 3.8) is 0 Å². The Balaban J connectivity index is 1.81. The molecule has 1 amide bonds. The van der Waals surface area contributed by atoms with Crippen LogP contribution in [0.25, 0.3) is 0 Å². The lowest BCUT2D eigenvalue weighted by atomic mass is 10.2. The molecule has 0 radical (unpaired) electrons. The summed E-state index contributed by atoms with van der Waals surface area (Å²) >= 11 is 3.42. The van der Waals surface area contributed by atoms with Crippen molar-refractivity contribution >= 4 is 21.8 Å². The molecule has 0 aliphatic heterocycles. The van der Waals surface area contributed by atoms with Crippen LogP contribution in [-0.4, -0.2) is 18.6 Å². The summed E-state index contributed by atoms with van der Waals surface area (Å²) in [6.07, 6.45) is 2.46. The fourth-order valence-corrected chi connectivity index (χ4v) is 2.48. The predicted molar refractivity (Wildman–Crippen MR) is 74.7 cm³/mol. The number of hydrogen-bond acceptors (Lipinski definition) is 2. The van der Waals surface area contributed by atoms with E-state index >= 15 is 0 Å². The van der Waals surface area contributed by atoms with Crippen molar-refractivity contribution < 1.29 is 9.53 Å². The number of hydrogen-bond donors (Lipinski definition) is 1. The maximum absolute atomic E-state index is 11.7. The molecule has 1 aliphatic carbocycles.